The lowest BCUT2D eigenvalue weighted by Crippen LogP contribution is -2.39. The number of anilines is 1. The summed E-state index contributed by atoms with van der Waals surface area (Å²) in [6.45, 7) is 6.59. The van der Waals surface area contributed by atoms with Crippen LogP contribution in [0, 0.1) is 6.92 Å². The summed E-state index contributed by atoms with van der Waals surface area (Å²) in [6.07, 6.45) is 0.822. The van der Waals surface area contributed by atoms with Gasteiger partial charge in [0.25, 0.3) is 5.91 Å². The number of hydrogen-bond acceptors (Lipinski definition) is 7. The fourth-order valence-electron chi connectivity index (χ4n) is 3.18. The van der Waals surface area contributed by atoms with Gasteiger partial charge < -0.3 is 9.26 Å². The van der Waals surface area contributed by atoms with Crippen molar-refractivity contribution in [2.45, 2.75) is 13.3 Å². The highest BCUT2D eigenvalue weighted by Gasteiger charge is 2.25. The summed E-state index contributed by atoms with van der Waals surface area (Å²) in [7, 11) is 0. The molecule has 1 fully saturated rings. The number of aromatic nitrogens is 2. The number of thiazole rings is 1. The molecule has 0 unspecified atom stereocenters. The van der Waals surface area contributed by atoms with E-state index in [2.05, 4.69) is 15.0 Å². The van der Waals surface area contributed by atoms with Crippen molar-refractivity contribution in [1.29, 1.82) is 0 Å². The van der Waals surface area contributed by atoms with E-state index in [1.165, 1.54) is 11.3 Å². The summed E-state index contributed by atoms with van der Waals surface area (Å²) in [5.41, 5.74) is 1.38. The van der Waals surface area contributed by atoms with Gasteiger partial charge in [0.15, 0.2) is 5.13 Å². The predicted octanol–water partition coefficient (Wildman–Crippen LogP) is 3.62. The highest BCUT2D eigenvalue weighted by molar-refractivity contribution is 7.22. The van der Waals surface area contributed by atoms with Crippen molar-refractivity contribution in [2.75, 3.05) is 44.3 Å². The van der Waals surface area contributed by atoms with E-state index in [0.717, 1.165) is 44.0 Å². The fourth-order valence-corrected chi connectivity index (χ4v) is 4.47. The number of halogens is 1. The van der Waals surface area contributed by atoms with Gasteiger partial charge in [-0.25, -0.2) is 4.98 Å². The number of morpholine rings is 1. The molecule has 2 aromatic heterocycles. The van der Waals surface area contributed by atoms with Gasteiger partial charge in [0, 0.05) is 32.2 Å². The number of ether oxygens (including phenoxy) is 1. The van der Waals surface area contributed by atoms with Gasteiger partial charge in [-0.05, 0) is 25.5 Å². The molecular weight excluding hydrogens is 400 g/mol. The number of rotatable bonds is 6. The van der Waals surface area contributed by atoms with Crippen LogP contribution in [-0.2, 0) is 4.74 Å². The zero-order valence-corrected chi connectivity index (χ0v) is 17.1. The number of fused-ring (bicyclic) bond motifs is 1. The van der Waals surface area contributed by atoms with Gasteiger partial charge in [0.1, 0.15) is 5.52 Å². The Morgan fingerprint density at radius 2 is 2.18 bits per heavy atom. The second-order valence-electron chi connectivity index (χ2n) is 6.68. The third-order valence-electron chi connectivity index (χ3n) is 4.63. The number of aryl methyl sites for hydroxylation is 1. The average Bonchev–Trinajstić information content (AvgIpc) is 3.33. The number of carbonyl (C=O) groups excluding carboxylic acids is 1. The number of nitrogens with zero attached hydrogens (tertiary/aromatic N) is 4. The molecule has 1 aliphatic rings. The van der Waals surface area contributed by atoms with Crippen molar-refractivity contribution in [3.8, 4) is 0 Å². The maximum absolute atomic E-state index is 13.1. The molecule has 148 valence electrons. The minimum absolute atomic E-state index is 0.217. The number of benzene rings is 1. The molecule has 3 aromatic rings. The van der Waals surface area contributed by atoms with Crippen molar-refractivity contribution < 1.29 is 14.1 Å². The van der Waals surface area contributed by atoms with Gasteiger partial charge in [-0.15, -0.1) is 0 Å². The molecule has 0 spiro atoms. The van der Waals surface area contributed by atoms with Crippen LogP contribution in [0.3, 0.4) is 0 Å². The van der Waals surface area contributed by atoms with E-state index in [9.17, 15) is 4.79 Å². The van der Waals surface area contributed by atoms with E-state index in [-0.39, 0.29) is 11.7 Å². The van der Waals surface area contributed by atoms with Crippen molar-refractivity contribution in [2.24, 2.45) is 0 Å². The zero-order valence-electron chi connectivity index (χ0n) is 15.6. The first-order valence-electron chi connectivity index (χ1n) is 9.22. The molecule has 7 nitrogen and oxygen atoms in total. The number of amides is 1. The summed E-state index contributed by atoms with van der Waals surface area (Å²) >= 11 is 7.72. The number of hydrogen-bond donors (Lipinski definition) is 0. The SMILES string of the molecule is Cc1cc(C(=O)N(CCCN2CCOCC2)c2nc3c(Cl)cccc3s2)on1. The lowest BCUT2D eigenvalue weighted by Gasteiger charge is -2.27. The molecule has 0 saturated carbocycles. The topological polar surface area (TPSA) is 71.7 Å². The van der Waals surface area contributed by atoms with Crippen LogP contribution in [0.5, 0.6) is 0 Å². The first kappa shape index (κ1) is 19.3. The quantitative estimate of drug-likeness (QED) is 0.606. The van der Waals surface area contributed by atoms with E-state index in [4.69, 9.17) is 20.9 Å². The molecule has 0 radical (unpaired) electrons. The van der Waals surface area contributed by atoms with Crippen LogP contribution in [0.1, 0.15) is 22.7 Å². The Balaban J connectivity index is 1.56. The van der Waals surface area contributed by atoms with Crippen molar-refractivity contribution >= 4 is 44.2 Å². The number of carbonyl (C=O) groups is 1. The number of para-hydroxylation sites is 1. The van der Waals surface area contributed by atoms with E-state index >= 15 is 0 Å². The maximum Gasteiger partial charge on any atom is 0.298 e. The summed E-state index contributed by atoms with van der Waals surface area (Å²) in [4.78, 5) is 21.7. The standard InChI is InChI=1S/C19H21ClN4O3S/c1-13-12-15(27-22-13)18(25)24(7-3-6-23-8-10-26-11-9-23)19-21-17-14(20)4-2-5-16(17)28-19/h2,4-5,12H,3,6-11H2,1H3. The largest absolute Gasteiger partial charge is 0.379 e. The summed E-state index contributed by atoms with van der Waals surface area (Å²) in [6, 6.07) is 7.30. The maximum atomic E-state index is 13.1. The van der Waals surface area contributed by atoms with Crippen LogP contribution in [-0.4, -0.2) is 60.3 Å². The van der Waals surface area contributed by atoms with Gasteiger partial charge in [0.05, 0.1) is 28.6 Å². The molecule has 1 amide bonds. The van der Waals surface area contributed by atoms with Crippen LogP contribution < -0.4 is 4.90 Å². The molecule has 1 aromatic carbocycles. The van der Waals surface area contributed by atoms with E-state index in [1.54, 1.807) is 24.0 Å². The highest BCUT2D eigenvalue weighted by atomic mass is 35.5. The second-order valence-corrected chi connectivity index (χ2v) is 8.10. The second kappa shape index (κ2) is 8.57. The molecule has 4 rings (SSSR count). The van der Waals surface area contributed by atoms with Crippen LogP contribution in [0.15, 0.2) is 28.8 Å². The summed E-state index contributed by atoms with van der Waals surface area (Å²) < 4.78 is 11.5. The molecule has 0 bridgehead atoms. The Bertz CT molecular complexity index is 967. The van der Waals surface area contributed by atoms with E-state index in [1.807, 2.05) is 12.1 Å². The molecule has 0 atom stereocenters. The zero-order chi connectivity index (χ0) is 19.5. The summed E-state index contributed by atoms with van der Waals surface area (Å²) in [5.74, 6) is -0.0213. The third-order valence-corrected chi connectivity index (χ3v) is 5.98. The van der Waals surface area contributed by atoms with E-state index in [0.29, 0.717) is 27.9 Å². The van der Waals surface area contributed by atoms with Crippen LogP contribution in [0.4, 0.5) is 5.13 Å². The Kier molecular flexibility index (Phi) is 5.91. The van der Waals surface area contributed by atoms with Crippen LogP contribution >= 0.6 is 22.9 Å². The first-order chi connectivity index (χ1) is 13.6. The minimum atomic E-state index is -0.238. The Morgan fingerprint density at radius 1 is 1.36 bits per heavy atom. The Morgan fingerprint density at radius 3 is 2.89 bits per heavy atom. The monoisotopic (exact) mass is 420 g/mol. The third kappa shape index (κ3) is 4.20. The van der Waals surface area contributed by atoms with E-state index < -0.39 is 0 Å². The van der Waals surface area contributed by atoms with Crippen molar-refractivity contribution in [3.05, 3.63) is 40.7 Å². The normalized spacial score (nSPS) is 15.2. The minimum Gasteiger partial charge on any atom is -0.379 e. The highest BCUT2D eigenvalue weighted by Crippen LogP contribution is 2.33. The molecular formula is C19H21ClN4O3S. The summed E-state index contributed by atoms with van der Waals surface area (Å²) in [5, 5.41) is 5.04. The van der Waals surface area contributed by atoms with Gasteiger partial charge in [-0.2, -0.15) is 0 Å². The van der Waals surface area contributed by atoms with Crippen LogP contribution in [0.2, 0.25) is 5.02 Å². The molecule has 1 aliphatic heterocycles. The Labute approximate surface area is 171 Å². The van der Waals surface area contributed by atoms with Crippen LogP contribution in [0.25, 0.3) is 10.2 Å². The van der Waals surface area contributed by atoms with Crippen molar-refractivity contribution in [1.82, 2.24) is 15.0 Å². The predicted molar refractivity (Wildman–Crippen MR) is 109 cm³/mol. The fraction of sp³-hybridized carbons (Fsp3) is 0.421. The first-order valence-corrected chi connectivity index (χ1v) is 10.4. The van der Waals surface area contributed by atoms with Gasteiger partial charge in [0.2, 0.25) is 5.76 Å². The molecule has 9 heteroatoms. The molecule has 0 N–H and O–H groups in total. The Hall–Kier alpha value is -2.00. The van der Waals surface area contributed by atoms with Gasteiger partial charge >= 0.3 is 0 Å². The molecule has 0 aliphatic carbocycles. The lowest BCUT2D eigenvalue weighted by molar-refractivity contribution is 0.0376. The molecule has 28 heavy (non-hydrogen) atoms. The smallest absolute Gasteiger partial charge is 0.298 e. The lowest BCUT2D eigenvalue weighted by atomic mass is 10.3. The molecule has 1 saturated heterocycles. The van der Waals surface area contributed by atoms with Gasteiger partial charge in [-0.3, -0.25) is 14.6 Å². The average molecular weight is 421 g/mol. The van der Waals surface area contributed by atoms with Crippen molar-refractivity contribution in [3.63, 3.8) is 0 Å². The van der Waals surface area contributed by atoms with Gasteiger partial charge in [-0.1, -0.05) is 34.2 Å². The molecule has 3 heterocycles.